The summed E-state index contributed by atoms with van der Waals surface area (Å²) in [7, 11) is 1.32. The molecule has 0 saturated heterocycles. The Kier molecular flexibility index (Phi) is 5.16. The summed E-state index contributed by atoms with van der Waals surface area (Å²) in [5.41, 5.74) is -0.0728. The number of nitro benzene ring substituents is 1. The van der Waals surface area contributed by atoms with Crippen LogP contribution in [0.4, 0.5) is 5.69 Å². The minimum atomic E-state index is -0.564. The summed E-state index contributed by atoms with van der Waals surface area (Å²) in [5, 5.41) is 33.7. The number of hydrogen-bond acceptors (Lipinski definition) is 8. The molecule has 2 rings (SSSR count). The van der Waals surface area contributed by atoms with Gasteiger partial charge in [0, 0.05) is 6.42 Å². The Morgan fingerprint density at radius 1 is 1.52 bits per heavy atom. The third kappa shape index (κ3) is 3.42. The van der Waals surface area contributed by atoms with Gasteiger partial charge in [0.1, 0.15) is 0 Å². The van der Waals surface area contributed by atoms with Crippen molar-refractivity contribution in [3.63, 3.8) is 0 Å². The van der Waals surface area contributed by atoms with Crippen molar-refractivity contribution >= 4 is 23.7 Å². The topological polar surface area (TPSA) is 116 Å². The Labute approximate surface area is 136 Å². The Bertz CT molecular complexity index is 738. The smallest absolute Gasteiger partial charge is 0.282 e. The summed E-state index contributed by atoms with van der Waals surface area (Å²) in [6, 6.07) is 2.38. The Morgan fingerprint density at radius 2 is 2.26 bits per heavy atom. The molecule has 0 spiro atoms. The number of aromatic hydroxyl groups is 1. The van der Waals surface area contributed by atoms with E-state index in [1.807, 2.05) is 13.2 Å². The van der Waals surface area contributed by atoms with E-state index in [1.54, 1.807) is 0 Å². The second kappa shape index (κ2) is 7.09. The summed E-state index contributed by atoms with van der Waals surface area (Å²) in [4.78, 5) is 10.6. The van der Waals surface area contributed by atoms with Crippen LogP contribution in [0.5, 0.6) is 11.5 Å². The lowest BCUT2D eigenvalue weighted by Crippen LogP contribution is -2.01. The first-order chi connectivity index (χ1) is 11.0. The zero-order valence-electron chi connectivity index (χ0n) is 12.8. The van der Waals surface area contributed by atoms with Crippen molar-refractivity contribution in [2.75, 3.05) is 13.4 Å². The molecule has 0 atom stereocenters. The van der Waals surface area contributed by atoms with Crippen LogP contribution in [-0.4, -0.2) is 44.5 Å². The molecule has 0 aliphatic heterocycles. The molecule has 0 fully saturated rings. The van der Waals surface area contributed by atoms with Crippen LogP contribution in [-0.2, 0) is 6.42 Å². The van der Waals surface area contributed by atoms with Gasteiger partial charge in [0.2, 0.25) is 5.16 Å². The third-order valence-electron chi connectivity index (χ3n) is 3.01. The van der Waals surface area contributed by atoms with Gasteiger partial charge in [-0.2, -0.15) is 9.78 Å². The molecule has 0 aliphatic carbocycles. The summed E-state index contributed by atoms with van der Waals surface area (Å²) in [6.45, 7) is 1.90. The standard InChI is InChI=1S/C13H15N5O4S/c1-4-12-15-16-13(23-3)17(12)14-7-8-5-10(19)11(22-2)6-9(8)18(20)21/h5-7,19H,4H2,1-3H3/b14-7-. The summed E-state index contributed by atoms with van der Waals surface area (Å²) < 4.78 is 6.40. The first kappa shape index (κ1) is 16.7. The largest absolute Gasteiger partial charge is 0.504 e. The predicted octanol–water partition coefficient (Wildman–Crippen LogP) is 2.07. The number of hydrogen-bond donors (Lipinski definition) is 1. The Balaban J connectivity index is 2.49. The molecular weight excluding hydrogens is 322 g/mol. The lowest BCUT2D eigenvalue weighted by Gasteiger charge is -2.05. The van der Waals surface area contributed by atoms with Crippen LogP contribution in [0.2, 0.25) is 0 Å². The second-order valence-corrected chi connectivity index (χ2v) is 5.13. The normalized spacial score (nSPS) is 11.1. The number of nitro groups is 1. The molecule has 122 valence electrons. The molecular formula is C13H15N5O4S. The minimum Gasteiger partial charge on any atom is -0.504 e. The molecule has 10 heteroatoms. The van der Waals surface area contributed by atoms with Crippen LogP contribution in [0.25, 0.3) is 0 Å². The molecule has 0 aliphatic rings. The zero-order chi connectivity index (χ0) is 17.0. The van der Waals surface area contributed by atoms with Crippen molar-refractivity contribution in [1.29, 1.82) is 0 Å². The molecule has 23 heavy (non-hydrogen) atoms. The van der Waals surface area contributed by atoms with E-state index in [2.05, 4.69) is 15.3 Å². The van der Waals surface area contributed by atoms with E-state index in [-0.39, 0.29) is 22.7 Å². The van der Waals surface area contributed by atoms with Gasteiger partial charge in [-0.15, -0.1) is 10.2 Å². The van der Waals surface area contributed by atoms with Gasteiger partial charge in [-0.3, -0.25) is 10.1 Å². The van der Waals surface area contributed by atoms with Crippen LogP contribution < -0.4 is 4.74 Å². The van der Waals surface area contributed by atoms with Crippen LogP contribution in [0.15, 0.2) is 22.4 Å². The predicted molar refractivity (Wildman–Crippen MR) is 85.5 cm³/mol. The van der Waals surface area contributed by atoms with Crippen molar-refractivity contribution in [3.05, 3.63) is 33.6 Å². The van der Waals surface area contributed by atoms with E-state index in [9.17, 15) is 15.2 Å². The summed E-state index contributed by atoms with van der Waals surface area (Å²) in [6.07, 6.45) is 3.73. The van der Waals surface area contributed by atoms with E-state index >= 15 is 0 Å². The summed E-state index contributed by atoms with van der Waals surface area (Å²) in [5.74, 6) is 0.451. The molecule has 1 N–H and O–H groups in total. The van der Waals surface area contributed by atoms with Gasteiger partial charge < -0.3 is 9.84 Å². The fourth-order valence-corrected chi connectivity index (χ4v) is 2.33. The molecule has 1 heterocycles. The number of phenols is 1. The van der Waals surface area contributed by atoms with Gasteiger partial charge in [-0.05, 0) is 12.3 Å². The highest BCUT2D eigenvalue weighted by atomic mass is 32.2. The van der Waals surface area contributed by atoms with E-state index in [0.29, 0.717) is 17.4 Å². The third-order valence-corrected chi connectivity index (χ3v) is 3.63. The Morgan fingerprint density at radius 3 is 2.83 bits per heavy atom. The van der Waals surface area contributed by atoms with Gasteiger partial charge in [0.25, 0.3) is 5.69 Å². The van der Waals surface area contributed by atoms with Gasteiger partial charge in [0.15, 0.2) is 17.3 Å². The highest BCUT2D eigenvalue weighted by Crippen LogP contribution is 2.32. The van der Waals surface area contributed by atoms with Crippen molar-refractivity contribution in [2.24, 2.45) is 5.10 Å². The fourth-order valence-electron chi connectivity index (χ4n) is 1.88. The van der Waals surface area contributed by atoms with E-state index in [1.165, 1.54) is 35.8 Å². The molecule has 1 aromatic heterocycles. The van der Waals surface area contributed by atoms with E-state index < -0.39 is 4.92 Å². The first-order valence-electron chi connectivity index (χ1n) is 6.59. The first-order valence-corrected chi connectivity index (χ1v) is 7.82. The van der Waals surface area contributed by atoms with Gasteiger partial charge in [-0.1, -0.05) is 18.7 Å². The van der Waals surface area contributed by atoms with Crippen LogP contribution in [0.1, 0.15) is 18.3 Å². The minimum absolute atomic E-state index is 0.0252. The number of methoxy groups -OCH3 is 1. The number of nitrogens with zero attached hydrogens (tertiary/aromatic N) is 5. The second-order valence-electron chi connectivity index (χ2n) is 4.35. The zero-order valence-corrected chi connectivity index (χ0v) is 13.6. The molecule has 2 aromatic rings. The van der Waals surface area contributed by atoms with Crippen LogP contribution >= 0.6 is 11.8 Å². The number of thioether (sulfide) groups is 1. The highest BCUT2D eigenvalue weighted by Gasteiger charge is 2.18. The molecule has 0 bridgehead atoms. The molecule has 0 saturated carbocycles. The summed E-state index contributed by atoms with van der Waals surface area (Å²) >= 11 is 1.36. The number of rotatable bonds is 6. The average molecular weight is 337 g/mol. The molecule has 0 amide bonds. The van der Waals surface area contributed by atoms with Gasteiger partial charge in [-0.25, -0.2) is 0 Å². The number of aromatic nitrogens is 3. The number of benzene rings is 1. The lowest BCUT2D eigenvalue weighted by molar-refractivity contribution is -0.385. The maximum Gasteiger partial charge on any atom is 0.282 e. The number of ether oxygens (including phenoxy) is 1. The Hall–Kier alpha value is -2.62. The monoisotopic (exact) mass is 337 g/mol. The van der Waals surface area contributed by atoms with Crippen molar-refractivity contribution in [3.8, 4) is 11.5 Å². The molecule has 0 radical (unpaired) electrons. The SMILES string of the molecule is CCc1nnc(SC)n1/N=C\c1cc(O)c(OC)cc1[N+](=O)[O-]. The van der Waals surface area contributed by atoms with Crippen LogP contribution in [0.3, 0.4) is 0 Å². The van der Waals surface area contributed by atoms with Gasteiger partial charge in [0.05, 0.1) is 29.9 Å². The average Bonchev–Trinajstić information content (AvgIpc) is 2.94. The maximum atomic E-state index is 11.2. The van der Waals surface area contributed by atoms with Crippen molar-refractivity contribution < 1.29 is 14.8 Å². The van der Waals surface area contributed by atoms with Crippen molar-refractivity contribution in [2.45, 2.75) is 18.5 Å². The highest BCUT2D eigenvalue weighted by molar-refractivity contribution is 7.98. The van der Waals surface area contributed by atoms with Gasteiger partial charge >= 0.3 is 0 Å². The maximum absolute atomic E-state index is 11.2. The van der Waals surface area contributed by atoms with E-state index in [0.717, 1.165) is 6.07 Å². The number of aryl methyl sites for hydroxylation is 1. The quantitative estimate of drug-likeness (QED) is 0.371. The lowest BCUT2D eigenvalue weighted by atomic mass is 10.1. The molecule has 9 nitrogen and oxygen atoms in total. The molecule has 0 unspecified atom stereocenters. The van der Waals surface area contributed by atoms with Crippen molar-refractivity contribution in [1.82, 2.24) is 14.9 Å². The number of phenolic OH excluding ortho intramolecular Hbond substituents is 1. The van der Waals surface area contributed by atoms with E-state index in [4.69, 9.17) is 4.74 Å². The fraction of sp³-hybridized carbons (Fsp3) is 0.308. The van der Waals surface area contributed by atoms with Crippen LogP contribution in [0, 0.1) is 10.1 Å². The molecule has 1 aromatic carbocycles.